The van der Waals surface area contributed by atoms with Gasteiger partial charge in [0.15, 0.2) is 0 Å². The Morgan fingerprint density at radius 3 is 2.52 bits per heavy atom. The van der Waals surface area contributed by atoms with Crippen LogP contribution in [-0.2, 0) is 11.2 Å². The van der Waals surface area contributed by atoms with Crippen molar-refractivity contribution in [1.29, 1.82) is 0 Å². The summed E-state index contributed by atoms with van der Waals surface area (Å²) in [4.78, 5) is 12.3. The topological polar surface area (TPSA) is 41.1 Å². The summed E-state index contributed by atoms with van der Waals surface area (Å²) in [5.41, 5.74) is 2.37. The van der Waals surface area contributed by atoms with Crippen molar-refractivity contribution < 1.29 is 4.79 Å². The molecule has 3 nitrogen and oxygen atoms in total. The Hall–Kier alpha value is -1.06. The van der Waals surface area contributed by atoms with Gasteiger partial charge in [-0.3, -0.25) is 4.79 Å². The minimum absolute atomic E-state index is 0. The molecule has 0 aromatic heterocycles. The zero-order chi connectivity index (χ0) is 14.8. The molecule has 0 spiro atoms. The number of hydrogen-bond donors (Lipinski definition) is 2. The average Bonchev–Trinajstić information content (AvgIpc) is 2.29. The van der Waals surface area contributed by atoms with E-state index < -0.39 is 0 Å². The van der Waals surface area contributed by atoms with E-state index in [0.717, 1.165) is 19.5 Å². The number of carbonyl (C=O) groups excluding carboxylic acids is 1. The largest absolute Gasteiger partial charge is 0.351 e. The molecule has 1 amide bonds. The normalized spacial score (nSPS) is 16.6. The third kappa shape index (κ3) is 4.72. The molecule has 1 atom stereocenters. The molecule has 1 fully saturated rings. The molecule has 1 aliphatic rings. The summed E-state index contributed by atoms with van der Waals surface area (Å²) in [5, 5.41) is 6.44. The SMILES string of the molecule is Cc1ccccc1CC(C)(C)NC(=O)C(C)C1CNC1.Cl. The molecule has 0 bridgehead atoms. The summed E-state index contributed by atoms with van der Waals surface area (Å²) >= 11 is 0. The fourth-order valence-electron chi connectivity index (χ4n) is 2.65. The van der Waals surface area contributed by atoms with Crippen LogP contribution >= 0.6 is 12.4 Å². The number of hydrogen-bond acceptors (Lipinski definition) is 2. The van der Waals surface area contributed by atoms with Crippen LogP contribution in [0.15, 0.2) is 24.3 Å². The van der Waals surface area contributed by atoms with Crippen LogP contribution in [0, 0.1) is 18.8 Å². The zero-order valence-corrected chi connectivity index (χ0v) is 14.2. The van der Waals surface area contributed by atoms with Crippen LogP contribution in [0.5, 0.6) is 0 Å². The van der Waals surface area contributed by atoms with Gasteiger partial charge in [-0.1, -0.05) is 31.2 Å². The van der Waals surface area contributed by atoms with Crippen LogP contribution in [0.25, 0.3) is 0 Å². The van der Waals surface area contributed by atoms with Crippen LogP contribution in [-0.4, -0.2) is 24.5 Å². The van der Waals surface area contributed by atoms with Gasteiger partial charge in [-0.2, -0.15) is 0 Å². The predicted octanol–water partition coefficient (Wildman–Crippen LogP) is 2.71. The second-order valence-corrected chi connectivity index (χ2v) is 6.68. The van der Waals surface area contributed by atoms with Gasteiger partial charge in [0.05, 0.1) is 0 Å². The Kier molecular flexibility index (Phi) is 6.24. The molecule has 0 radical (unpaired) electrons. The maximum atomic E-state index is 12.3. The minimum atomic E-state index is -0.214. The zero-order valence-electron chi connectivity index (χ0n) is 13.4. The minimum Gasteiger partial charge on any atom is -0.351 e. The number of amides is 1. The molecule has 1 aliphatic heterocycles. The molecule has 1 heterocycles. The Morgan fingerprint density at radius 1 is 1.38 bits per heavy atom. The van der Waals surface area contributed by atoms with Gasteiger partial charge in [0, 0.05) is 11.5 Å². The Bertz CT molecular complexity index is 483. The van der Waals surface area contributed by atoms with E-state index in [9.17, 15) is 4.79 Å². The lowest BCUT2D eigenvalue weighted by Gasteiger charge is -2.35. The molecule has 1 saturated heterocycles. The van der Waals surface area contributed by atoms with Crippen molar-refractivity contribution in [3.8, 4) is 0 Å². The maximum absolute atomic E-state index is 12.3. The monoisotopic (exact) mass is 310 g/mol. The number of nitrogens with one attached hydrogen (secondary N) is 2. The summed E-state index contributed by atoms with van der Waals surface area (Å²) in [6.45, 7) is 10.3. The molecule has 2 N–H and O–H groups in total. The smallest absolute Gasteiger partial charge is 0.223 e. The summed E-state index contributed by atoms with van der Waals surface area (Å²) in [7, 11) is 0. The van der Waals surface area contributed by atoms with Gasteiger partial charge in [-0.05, 0) is 57.3 Å². The van der Waals surface area contributed by atoms with Crippen LogP contribution in [0.4, 0.5) is 0 Å². The van der Waals surface area contributed by atoms with E-state index in [1.807, 2.05) is 6.92 Å². The van der Waals surface area contributed by atoms with E-state index in [-0.39, 0.29) is 29.8 Å². The van der Waals surface area contributed by atoms with Crippen molar-refractivity contribution in [3.05, 3.63) is 35.4 Å². The highest BCUT2D eigenvalue weighted by Crippen LogP contribution is 2.20. The standard InChI is InChI=1S/C17H26N2O.ClH/c1-12-7-5-6-8-14(12)9-17(3,4)19-16(20)13(2)15-10-18-11-15;/h5-8,13,15,18H,9-11H2,1-4H3,(H,19,20);1H. The van der Waals surface area contributed by atoms with Crippen molar-refractivity contribution in [3.63, 3.8) is 0 Å². The Morgan fingerprint density at radius 2 is 2.00 bits per heavy atom. The van der Waals surface area contributed by atoms with Crippen molar-refractivity contribution in [1.82, 2.24) is 10.6 Å². The first-order chi connectivity index (χ1) is 9.39. The molecule has 1 aromatic carbocycles. The fourth-order valence-corrected chi connectivity index (χ4v) is 2.65. The Labute approximate surface area is 134 Å². The van der Waals surface area contributed by atoms with Crippen molar-refractivity contribution in [2.24, 2.45) is 11.8 Å². The number of halogens is 1. The van der Waals surface area contributed by atoms with Gasteiger partial charge < -0.3 is 10.6 Å². The second kappa shape index (κ2) is 7.28. The van der Waals surface area contributed by atoms with E-state index in [1.54, 1.807) is 0 Å². The van der Waals surface area contributed by atoms with Crippen LogP contribution in [0.2, 0.25) is 0 Å². The molecular formula is C17H27ClN2O. The van der Waals surface area contributed by atoms with Gasteiger partial charge in [-0.25, -0.2) is 0 Å². The number of benzene rings is 1. The van der Waals surface area contributed by atoms with Crippen LogP contribution in [0.3, 0.4) is 0 Å². The van der Waals surface area contributed by atoms with Gasteiger partial charge in [-0.15, -0.1) is 12.4 Å². The highest BCUT2D eigenvalue weighted by molar-refractivity contribution is 5.85. The molecular weight excluding hydrogens is 284 g/mol. The maximum Gasteiger partial charge on any atom is 0.223 e. The highest BCUT2D eigenvalue weighted by Gasteiger charge is 2.31. The lowest BCUT2D eigenvalue weighted by Crippen LogP contribution is -2.53. The first-order valence-corrected chi connectivity index (χ1v) is 7.46. The molecule has 21 heavy (non-hydrogen) atoms. The molecule has 2 rings (SSSR count). The molecule has 0 aliphatic carbocycles. The summed E-state index contributed by atoms with van der Waals surface area (Å²) < 4.78 is 0. The fraction of sp³-hybridized carbons (Fsp3) is 0.588. The highest BCUT2D eigenvalue weighted by atomic mass is 35.5. The summed E-state index contributed by atoms with van der Waals surface area (Å²) in [6.07, 6.45) is 0.862. The van der Waals surface area contributed by atoms with E-state index in [1.165, 1.54) is 11.1 Å². The molecule has 1 unspecified atom stereocenters. The first kappa shape index (κ1) is 18.0. The lowest BCUT2D eigenvalue weighted by molar-refractivity contribution is -0.128. The number of rotatable bonds is 5. The number of carbonyl (C=O) groups is 1. The van der Waals surface area contributed by atoms with Gasteiger partial charge in [0.2, 0.25) is 5.91 Å². The third-order valence-corrected chi connectivity index (χ3v) is 4.29. The van der Waals surface area contributed by atoms with Crippen LogP contribution in [0.1, 0.15) is 31.9 Å². The van der Waals surface area contributed by atoms with Crippen molar-refractivity contribution >= 4 is 18.3 Å². The summed E-state index contributed by atoms with van der Waals surface area (Å²) in [6, 6.07) is 8.37. The average molecular weight is 311 g/mol. The summed E-state index contributed by atoms with van der Waals surface area (Å²) in [5.74, 6) is 0.756. The predicted molar refractivity (Wildman–Crippen MR) is 89.9 cm³/mol. The van der Waals surface area contributed by atoms with Crippen LogP contribution < -0.4 is 10.6 Å². The molecule has 4 heteroatoms. The van der Waals surface area contributed by atoms with Gasteiger partial charge in [0.1, 0.15) is 0 Å². The molecule has 1 aromatic rings. The first-order valence-electron chi connectivity index (χ1n) is 7.46. The van der Waals surface area contributed by atoms with E-state index >= 15 is 0 Å². The van der Waals surface area contributed by atoms with Gasteiger partial charge in [0.25, 0.3) is 0 Å². The quantitative estimate of drug-likeness (QED) is 0.878. The van der Waals surface area contributed by atoms with E-state index in [0.29, 0.717) is 5.92 Å². The number of aryl methyl sites for hydroxylation is 1. The second-order valence-electron chi connectivity index (χ2n) is 6.68. The van der Waals surface area contributed by atoms with E-state index in [4.69, 9.17) is 0 Å². The molecule has 118 valence electrons. The van der Waals surface area contributed by atoms with E-state index in [2.05, 4.69) is 55.7 Å². The lowest BCUT2D eigenvalue weighted by atomic mass is 9.86. The Balaban J connectivity index is 0.00000220. The van der Waals surface area contributed by atoms with Crippen molar-refractivity contribution in [2.75, 3.05) is 13.1 Å². The molecule has 0 saturated carbocycles. The third-order valence-electron chi connectivity index (χ3n) is 4.29. The van der Waals surface area contributed by atoms with Gasteiger partial charge >= 0.3 is 0 Å². The van der Waals surface area contributed by atoms with Crippen molar-refractivity contribution in [2.45, 2.75) is 39.7 Å².